The van der Waals surface area contributed by atoms with Crippen molar-refractivity contribution in [3.63, 3.8) is 0 Å². The largest absolute Gasteiger partial charge is 0.369 e. The van der Waals surface area contributed by atoms with E-state index < -0.39 is 0 Å². The molecule has 3 heterocycles. The molecule has 0 bridgehead atoms. The van der Waals surface area contributed by atoms with Gasteiger partial charge in [0.1, 0.15) is 5.52 Å². The minimum Gasteiger partial charge on any atom is -0.369 e. The number of aromatic nitrogens is 4. The molecule has 0 atom stereocenters. The van der Waals surface area contributed by atoms with Crippen molar-refractivity contribution in [1.29, 1.82) is 0 Å². The SMILES string of the molecule is Nc1nc2cc(Br)cnc2n1CCc1cscn1. The van der Waals surface area contributed by atoms with Crippen molar-refractivity contribution in [2.24, 2.45) is 0 Å². The molecule has 0 aliphatic rings. The average molecular weight is 324 g/mol. The minimum absolute atomic E-state index is 0.492. The number of anilines is 1. The van der Waals surface area contributed by atoms with E-state index in [9.17, 15) is 0 Å². The van der Waals surface area contributed by atoms with Gasteiger partial charge in [-0.3, -0.25) is 4.57 Å². The molecule has 0 spiro atoms. The first-order chi connectivity index (χ1) is 8.74. The van der Waals surface area contributed by atoms with Crippen molar-refractivity contribution in [3.8, 4) is 0 Å². The van der Waals surface area contributed by atoms with Crippen LogP contribution in [0.15, 0.2) is 27.6 Å². The van der Waals surface area contributed by atoms with E-state index in [2.05, 4.69) is 30.9 Å². The molecule has 0 radical (unpaired) electrons. The first kappa shape index (κ1) is 11.6. The fraction of sp³-hybridized carbons (Fsp3) is 0.182. The third-order valence-corrected chi connectivity index (χ3v) is 3.73. The Labute approximate surface area is 116 Å². The maximum Gasteiger partial charge on any atom is 0.202 e. The standard InChI is InChI=1S/C11H10BrN5S/c12-7-3-9-10(14-4-7)17(11(13)16-9)2-1-8-5-18-6-15-8/h3-6H,1-2H2,(H2,13,16). The van der Waals surface area contributed by atoms with E-state index in [0.717, 1.165) is 34.3 Å². The van der Waals surface area contributed by atoms with Gasteiger partial charge in [-0.15, -0.1) is 11.3 Å². The summed E-state index contributed by atoms with van der Waals surface area (Å²) in [5.41, 5.74) is 10.4. The maximum absolute atomic E-state index is 5.92. The number of nitrogens with zero attached hydrogens (tertiary/aromatic N) is 4. The van der Waals surface area contributed by atoms with E-state index in [0.29, 0.717) is 5.95 Å². The Morgan fingerprint density at radius 1 is 1.39 bits per heavy atom. The Balaban J connectivity index is 1.93. The van der Waals surface area contributed by atoms with Gasteiger partial charge in [-0.1, -0.05) is 0 Å². The average Bonchev–Trinajstić information content (AvgIpc) is 2.93. The quantitative estimate of drug-likeness (QED) is 0.803. The van der Waals surface area contributed by atoms with Gasteiger partial charge in [0, 0.05) is 29.0 Å². The molecule has 0 fully saturated rings. The van der Waals surface area contributed by atoms with Gasteiger partial charge in [0.05, 0.1) is 11.2 Å². The summed E-state index contributed by atoms with van der Waals surface area (Å²) in [4.78, 5) is 12.9. The monoisotopic (exact) mass is 323 g/mol. The number of hydrogen-bond acceptors (Lipinski definition) is 5. The van der Waals surface area contributed by atoms with Gasteiger partial charge in [0.25, 0.3) is 0 Å². The van der Waals surface area contributed by atoms with Crippen molar-refractivity contribution in [1.82, 2.24) is 19.5 Å². The molecule has 3 aromatic heterocycles. The van der Waals surface area contributed by atoms with Crippen LogP contribution in [0.2, 0.25) is 0 Å². The van der Waals surface area contributed by atoms with Crippen molar-refractivity contribution in [2.75, 3.05) is 5.73 Å². The van der Waals surface area contributed by atoms with Crippen LogP contribution in [-0.4, -0.2) is 19.5 Å². The lowest BCUT2D eigenvalue weighted by atomic mass is 10.3. The third-order valence-electron chi connectivity index (χ3n) is 2.66. The lowest BCUT2D eigenvalue weighted by Gasteiger charge is -2.03. The van der Waals surface area contributed by atoms with Gasteiger partial charge in [0.15, 0.2) is 5.65 Å². The summed E-state index contributed by atoms with van der Waals surface area (Å²) in [6.07, 6.45) is 2.58. The zero-order valence-electron chi connectivity index (χ0n) is 9.38. The molecule has 0 saturated heterocycles. The molecule has 0 aliphatic heterocycles. The first-order valence-electron chi connectivity index (χ1n) is 5.38. The summed E-state index contributed by atoms with van der Waals surface area (Å²) in [6, 6.07) is 1.91. The zero-order chi connectivity index (χ0) is 12.5. The third kappa shape index (κ3) is 2.11. The number of aryl methyl sites for hydroxylation is 2. The van der Waals surface area contributed by atoms with Crippen molar-refractivity contribution in [2.45, 2.75) is 13.0 Å². The Hall–Kier alpha value is -1.47. The number of thiazole rings is 1. The molecule has 92 valence electrons. The molecule has 0 amide bonds. The highest BCUT2D eigenvalue weighted by Crippen LogP contribution is 2.20. The number of rotatable bonds is 3. The Morgan fingerprint density at radius 3 is 3.06 bits per heavy atom. The van der Waals surface area contributed by atoms with Crippen LogP contribution in [0.4, 0.5) is 5.95 Å². The van der Waals surface area contributed by atoms with Crippen molar-refractivity contribution in [3.05, 3.63) is 33.3 Å². The molecular formula is C11H10BrN5S. The number of nitrogens with two attached hydrogens (primary N) is 1. The smallest absolute Gasteiger partial charge is 0.202 e. The highest BCUT2D eigenvalue weighted by Gasteiger charge is 2.10. The normalized spacial score (nSPS) is 11.2. The van der Waals surface area contributed by atoms with Crippen LogP contribution in [0, 0.1) is 0 Å². The van der Waals surface area contributed by atoms with Gasteiger partial charge in [-0.25, -0.2) is 15.0 Å². The summed E-state index contributed by atoms with van der Waals surface area (Å²) < 4.78 is 2.82. The summed E-state index contributed by atoms with van der Waals surface area (Å²) in [5.74, 6) is 0.492. The minimum atomic E-state index is 0.492. The van der Waals surface area contributed by atoms with E-state index in [1.54, 1.807) is 17.5 Å². The lowest BCUT2D eigenvalue weighted by Crippen LogP contribution is -2.06. The van der Waals surface area contributed by atoms with E-state index in [1.165, 1.54) is 0 Å². The molecule has 5 nitrogen and oxygen atoms in total. The second-order valence-corrected chi connectivity index (χ2v) is 5.48. The second kappa shape index (κ2) is 4.66. The first-order valence-corrected chi connectivity index (χ1v) is 7.12. The fourth-order valence-corrected chi connectivity index (χ4v) is 2.72. The van der Waals surface area contributed by atoms with Crippen LogP contribution in [0.1, 0.15) is 5.69 Å². The molecule has 0 aromatic carbocycles. The van der Waals surface area contributed by atoms with Crippen LogP contribution < -0.4 is 5.73 Å². The number of pyridine rings is 1. The van der Waals surface area contributed by atoms with E-state index in [1.807, 2.05) is 21.5 Å². The van der Waals surface area contributed by atoms with Gasteiger partial charge < -0.3 is 5.73 Å². The summed E-state index contributed by atoms with van der Waals surface area (Å²) in [5, 5.41) is 2.04. The number of nitrogen functional groups attached to an aromatic ring is 1. The van der Waals surface area contributed by atoms with Gasteiger partial charge >= 0.3 is 0 Å². The summed E-state index contributed by atoms with van der Waals surface area (Å²) in [7, 11) is 0. The van der Waals surface area contributed by atoms with Crippen molar-refractivity contribution >= 4 is 44.4 Å². The van der Waals surface area contributed by atoms with Gasteiger partial charge in [-0.05, 0) is 22.0 Å². The van der Waals surface area contributed by atoms with Crippen LogP contribution in [0.3, 0.4) is 0 Å². The number of halogens is 1. The maximum atomic E-state index is 5.92. The molecule has 2 N–H and O–H groups in total. The molecule has 0 unspecified atom stereocenters. The molecule has 0 saturated carbocycles. The molecular weight excluding hydrogens is 314 g/mol. The van der Waals surface area contributed by atoms with Crippen LogP contribution >= 0.6 is 27.3 Å². The highest BCUT2D eigenvalue weighted by atomic mass is 79.9. The molecule has 3 rings (SSSR count). The van der Waals surface area contributed by atoms with Crippen molar-refractivity contribution < 1.29 is 0 Å². The predicted molar refractivity (Wildman–Crippen MR) is 75.5 cm³/mol. The van der Waals surface area contributed by atoms with Gasteiger partial charge in [0.2, 0.25) is 5.95 Å². The molecule has 3 aromatic rings. The Morgan fingerprint density at radius 2 is 2.28 bits per heavy atom. The van der Waals surface area contributed by atoms with Crippen LogP contribution in [0.25, 0.3) is 11.2 Å². The molecule has 18 heavy (non-hydrogen) atoms. The number of fused-ring (bicyclic) bond motifs is 1. The predicted octanol–water partition coefficient (Wildman–Crippen LogP) is 2.48. The van der Waals surface area contributed by atoms with Crippen LogP contribution in [-0.2, 0) is 13.0 Å². The molecule has 7 heteroatoms. The summed E-state index contributed by atoms with van der Waals surface area (Å²) in [6.45, 7) is 0.737. The number of hydrogen-bond donors (Lipinski definition) is 1. The highest BCUT2D eigenvalue weighted by molar-refractivity contribution is 9.10. The second-order valence-electron chi connectivity index (χ2n) is 3.85. The lowest BCUT2D eigenvalue weighted by molar-refractivity contribution is 0.710. The van der Waals surface area contributed by atoms with Gasteiger partial charge in [-0.2, -0.15) is 0 Å². The number of imidazole rings is 1. The van der Waals surface area contributed by atoms with E-state index >= 15 is 0 Å². The Kier molecular flexibility index (Phi) is 3.00. The van der Waals surface area contributed by atoms with Crippen LogP contribution in [0.5, 0.6) is 0 Å². The summed E-state index contributed by atoms with van der Waals surface area (Å²) >= 11 is 4.97. The topological polar surface area (TPSA) is 69.6 Å². The fourth-order valence-electron chi connectivity index (χ4n) is 1.81. The zero-order valence-corrected chi connectivity index (χ0v) is 11.8. The van der Waals surface area contributed by atoms with E-state index in [4.69, 9.17) is 5.73 Å². The molecule has 0 aliphatic carbocycles. The Bertz CT molecular complexity index is 676. The van der Waals surface area contributed by atoms with E-state index in [-0.39, 0.29) is 0 Å².